The lowest BCUT2D eigenvalue weighted by atomic mass is 9.98. The molecule has 1 rings (SSSR count). The molecule has 182 valence electrons. The van der Waals surface area contributed by atoms with E-state index < -0.39 is 74.9 Å². The van der Waals surface area contributed by atoms with Gasteiger partial charge in [-0.1, -0.05) is 0 Å². The fraction of sp³-hybridized carbons (Fsp3) is 1.00. The van der Waals surface area contributed by atoms with Crippen molar-refractivity contribution in [3.05, 3.63) is 0 Å². The zero-order valence-electron chi connectivity index (χ0n) is 16.3. The quantitative estimate of drug-likeness (QED) is 0.124. The Balaban J connectivity index is 0.00000103. The van der Waals surface area contributed by atoms with Gasteiger partial charge in [0.05, 0.1) is 46.2 Å². The van der Waals surface area contributed by atoms with E-state index in [1.165, 1.54) is 0 Å². The van der Waals surface area contributed by atoms with E-state index in [0.29, 0.717) is 13.2 Å². The minimum atomic E-state index is -1.85. The summed E-state index contributed by atoms with van der Waals surface area (Å²) in [4.78, 5) is 0. The third-order valence-electron chi connectivity index (χ3n) is 4.10. The lowest BCUT2D eigenvalue weighted by Gasteiger charge is -2.42. The normalized spacial score (nSPS) is 30.7. The Morgan fingerprint density at radius 3 is 1.70 bits per heavy atom. The van der Waals surface area contributed by atoms with E-state index >= 15 is 0 Å². The van der Waals surface area contributed by atoms with Gasteiger partial charge in [-0.15, -0.1) is 0 Å². The molecule has 11 N–H and O–H groups in total. The van der Waals surface area contributed by atoms with Crippen LogP contribution < -0.4 is 0 Å². The highest BCUT2D eigenvalue weighted by Crippen LogP contribution is 2.24. The molecule has 9 atom stereocenters. The zero-order valence-corrected chi connectivity index (χ0v) is 16.3. The molecule has 0 unspecified atom stereocenters. The summed E-state index contributed by atoms with van der Waals surface area (Å²) in [7, 11) is 0. The van der Waals surface area contributed by atoms with E-state index in [1.54, 1.807) is 0 Å². The van der Waals surface area contributed by atoms with Crippen molar-refractivity contribution >= 4 is 0 Å². The van der Waals surface area contributed by atoms with Gasteiger partial charge in [0, 0.05) is 0 Å². The molecule has 30 heavy (non-hydrogen) atoms. The second kappa shape index (κ2) is 16.1. The molecule has 14 heteroatoms. The van der Waals surface area contributed by atoms with Gasteiger partial charge < -0.3 is 70.4 Å². The van der Waals surface area contributed by atoms with E-state index in [0.717, 1.165) is 0 Å². The summed E-state index contributed by atoms with van der Waals surface area (Å²) in [5.74, 6) is 0. The van der Waals surface area contributed by atoms with Gasteiger partial charge in [-0.25, -0.2) is 0 Å². The molecule has 1 aliphatic heterocycles. The molecule has 0 aromatic rings. The van der Waals surface area contributed by atoms with E-state index in [4.69, 9.17) is 35.0 Å². The van der Waals surface area contributed by atoms with Gasteiger partial charge in [0.15, 0.2) is 6.29 Å². The van der Waals surface area contributed by atoms with Crippen molar-refractivity contribution < 1.29 is 70.4 Å². The van der Waals surface area contributed by atoms with Gasteiger partial charge in [-0.2, -0.15) is 0 Å². The molecule has 0 aliphatic carbocycles. The molecule has 0 amide bonds. The Hall–Kier alpha value is -0.560. The summed E-state index contributed by atoms with van der Waals surface area (Å²) in [6.07, 6.45) is -15.1. The Kier molecular flexibility index (Phi) is 15.8. The van der Waals surface area contributed by atoms with Crippen LogP contribution in [0, 0.1) is 0 Å². The van der Waals surface area contributed by atoms with Crippen molar-refractivity contribution in [1.29, 1.82) is 0 Å². The molecule has 1 saturated heterocycles. The fourth-order valence-electron chi connectivity index (χ4n) is 2.40. The zero-order chi connectivity index (χ0) is 23.3. The lowest BCUT2D eigenvalue weighted by molar-refractivity contribution is -0.327. The summed E-state index contributed by atoms with van der Waals surface area (Å²) < 4.78 is 14.8. The minimum absolute atomic E-state index is 0.0278. The molecule has 0 saturated carbocycles. The first kappa shape index (κ1) is 29.4. The van der Waals surface area contributed by atoms with Crippen LogP contribution in [-0.4, -0.2) is 158 Å². The monoisotopic (exact) mass is 450 g/mol. The van der Waals surface area contributed by atoms with Gasteiger partial charge in [0.1, 0.15) is 48.8 Å². The Bertz CT molecular complexity index is 409. The molecule has 0 aromatic carbocycles. The second-order valence-electron chi connectivity index (χ2n) is 6.35. The van der Waals surface area contributed by atoms with Crippen molar-refractivity contribution in [2.24, 2.45) is 0 Å². The Labute approximate surface area is 172 Å². The maximum absolute atomic E-state index is 9.83. The van der Waals surface area contributed by atoms with Crippen LogP contribution in [0.25, 0.3) is 0 Å². The number of ether oxygens (including phenoxy) is 3. The Morgan fingerprint density at radius 1 is 0.733 bits per heavy atom. The number of hydrogen-bond donors (Lipinski definition) is 11. The molecule has 1 heterocycles. The van der Waals surface area contributed by atoms with E-state index in [1.807, 2.05) is 0 Å². The first-order valence-corrected chi connectivity index (χ1v) is 9.21. The molecule has 0 radical (unpaired) electrons. The molecular formula is C16H34O14. The fourth-order valence-corrected chi connectivity index (χ4v) is 2.40. The molecule has 0 aromatic heterocycles. The number of aliphatic hydroxyl groups is 11. The predicted octanol–water partition coefficient (Wildman–Crippen LogP) is -6.77. The van der Waals surface area contributed by atoms with E-state index in [9.17, 15) is 30.6 Å². The third kappa shape index (κ3) is 9.29. The van der Waals surface area contributed by atoms with Gasteiger partial charge in [-0.05, 0) is 0 Å². The van der Waals surface area contributed by atoms with Crippen molar-refractivity contribution in [2.75, 3.05) is 46.2 Å². The lowest BCUT2D eigenvalue weighted by Crippen LogP contribution is -2.61. The highest BCUT2D eigenvalue weighted by molar-refractivity contribution is 4.91. The van der Waals surface area contributed by atoms with Crippen LogP contribution in [0.15, 0.2) is 0 Å². The highest BCUT2D eigenvalue weighted by atomic mass is 16.7. The van der Waals surface area contributed by atoms with Crippen LogP contribution >= 0.6 is 0 Å². The summed E-state index contributed by atoms with van der Waals surface area (Å²) in [5.41, 5.74) is 0. The number of rotatable bonds is 12. The summed E-state index contributed by atoms with van der Waals surface area (Å²) in [6, 6.07) is 0. The van der Waals surface area contributed by atoms with Gasteiger partial charge >= 0.3 is 0 Å². The Morgan fingerprint density at radius 2 is 1.27 bits per heavy atom. The molecular weight excluding hydrogens is 416 g/mol. The van der Waals surface area contributed by atoms with E-state index in [-0.39, 0.29) is 13.2 Å². The highest BCUT2D eigenvalue weighted by Gasteiger charge is 2.46. The standard InChI is InChI=1S/C12H24O11.C4H10O3/c13-1-4(16)7(18)11(5(17)2-14)23-12-10(21)9(20)8(19)6(3-15)22-12;5-1-3-7-4-2-6/h4-21H,1-3H2;5-6H,1-4H2/t4-,5+,6+,7+,8+,9-,10+,11+,12+;/m0./s1. The molecule has 0 bridgehead atoms. The molecule has 1 fully saturated rings. The molecule has 14 nitrogen and oxygen atoms in total. The first-order chi connectivity index (χ1) is 14.2. The van der Waals surface area contributed by atoms with Gasteiger partial charge in [0.2, 0.25) is 0 Å². The minimum Gasteiger partial charge on any atom is -0.394 e. The van der Waals surface area contributed by atoms with Crippen LogP contribution in [0.2, 0.25) is 0 Å². The van der Waals surface area contributed by atoms with Gasteiger partial charge in [0.25, 0.3) is 0 Å². The van der Waals surface area contributed by atoms with Crippen LogP contribution in [0.4, 0.5) is 0 Å². The van der Waals surface area contributed by atoms with Crippen molar-refractivity contribution in [3.63, 3.8) is 0 Å². The number of aliphatic hydroxyl groups excluding tert-OH is 11. The van der Waals surface area contributed by atoms with Crippen LogP contribution in [0.1, 0.15) is 0 Å². The average Bonchev–Trinajstić information content (AvgIpc) is 2.76. The molecule has 1 aliphatic rings. The maximum atomic E-state index is 9.83. The average molecular weight is 450 g/mol. The number of hydrogen-bond acceptors (Lipinski definition) is 14. The maximum Gasteiger partial charge on any atom is 0.187 e. The first-order valence-electron chi connectivity index (χ1n) is 9.21. The largest absolute Gasteiger partial charge is 0.394 e. The van der Waals surface area contributed by atoms with E-state index in [2.05, 4.69) is 4.74 Å². The predicted molar refractivity (Wildman–Crippen MR) is 95.8 cm³/mol. The topological polar surface area (TPSA) is 250 Å². The van der Waals surface area contributed by atoms with Crippen LogP contribution in [-0.2, 0) is 14.2 Å². The smallest absolute Gasteiger partial charge is 0.187 e. The van der Waals surface area contributed by atoms with Crippen molar-refractivity contribution in [1.82, 2.24) is 0 Å². The second-order valence-corrected chi connectivity index (χ2v) is 6.35. The SMILES string of the molecule is OCCOCCO.OC[C@@H](O)[C@@H](O[C@H]1O[C@H](CO)[C@@H](O)[C@H](O)[C@H]1O)[C@H](O)[C@@H](O)CO. The van der Waals surface area contributed by atoms with Crippen LogP contribution in [0.3, 0.4) is 0 Å². The van der Waals surface area contributed by atoms with Gasteiger partial charge in [-0.3, -0.25) is 0 Å². The third-order valence-corrected chi connectivity index (χ3v) is 4.10. The van der Waals surface area contributed by atoms with Crippen molar-refractivity contribution in [2.45, 2.75) is 55.1 Å². The van der Waals surface area contributed by atoms with Crippen molar-refractivity contribution in [3.8, 4) is 0 Å². The summed E-state index contributed by atoms with van der Waals surface area (Å²) in [5, 5.41) is 101. The summed E-state index contributed by atoms with van der Waals surface area (Å²) in [6.45, 7) is -1.76. The molecule has 0 spiro atoms. The summed E-state index contributed by atoms with van der Waals surface area (Å²) >= 11 is 0. The van der Waals surface area contributed by atoms with Crippen LogP contribution in [0.5, 0.6) is 0 Å².